The fourth-order valence-electron chi connectivity index (χ4n) is 1.43. The molecule has 1 N–H and O–H groups in total. The van der Waals surface area contributed by atoms with Gasteiger partial charge in [0, 0.05) is 24.7 Å². The predicted octanol–water partition coefficient (Wildman–Crippen LogP) is 1.15. The summed E-state index contributed by atoms with van der Waals surface area (Å²) in [6, 6.07) is 0. The minimum atomic E-state index is -1.82. The van der Waals surface area contributed by atoms with E-state index in [1.807, 2.05) is 0 Å². The summed E-state index contributed by atoms with van der Waals surface area (Å²) in [5, 5.41) is 10.1. The van der Waals surface area contributed by atoms with Crippen LogP contribution in [0.5, 0.6) is 0 Å². The zero-order chi connectivity index (χ0) is 12.9. The Bertz CT molecular complexity index is 281. The molecule has 4 heteroatoms. The van der Waals surface area contributed by atoms with Crippen molar-refractivity contribution >= 4 is 17.9 Å². The van der Waals surface area contributed by atoms with Crippen LogP contribution < -0.4 is 0 Å². The first kappa shape index (κ1) is 15.0. The van der Waals surface area contributed by atoms with Gasteiger partial charge in [-0.2, -0.15) is 0 Å². The summed E-state index contributed by atoms with van der Waals surface area (Å²) in [4.78, 5) is 33.8. The average molecular weight is 228 g/mol. The van der Waals surface area contributed by atoms with Gasteiger partial charge in [-0.05, 0) is 0 Å². The lowest BCUT2D eigenvalue weighted by molar-refractivity contribution is -0.148. The first-order valence-electron chi connectivity index (χ1n) is 5.47. The summed E-state index contributed by atoms with van der Waals surface area (Å²) in [7, 11) is 0. The number of carbonyl (C=O) groups excluding carboxylic acids is 3. The predicted molar refractivity (Wildman–Crippen MR) is 59.9 cm³/mol. The zero-order valence-corrected chi connectivity index (χ0v) is 10.3. The van der Waals surface area contributed by atoms with Gasteiger partial charge in [0.05, 0.1) is 0 Å². The van der Waals surface area contributed by atoms with E-state index < -0.39 is 17.3 Å². The normalized spacial score (nSPS) is 14.9. The number of aldehydes is 1. The van der Waals surface area contributed by atoms with Gasteiger partial charge in [0.1, 0.15) is 17.7 Å². The molecule has 0 aromatic carbocycles. The maximum atomic E-state index is 11.8. The first-order chi connectivity index (χ1) is 7.24. The van der Waals surface area contributed by atoms with Crippen molar-refractivity contribution in [1.29, 1.82) is 0 Å². The first-order valence-corrected chi connectivity index (χ1v) is 5.47. The van der Waals surface area contributed by atoms with Crippen molar-refractivity contribution < 1.29 is 19.5 Å². The Kier molecular flexibility index (Phi) is 5.51. The molecule has 0 aliphatic heterocycles. The Morgan fingerprint density at radius 1 is 1.19 bits per heavy atom. The van der Waals surface area contributed by atoms with Gasteiger partial charge in [-0.15, -0.1) is 0 Å². The summed E-state index contributed by atoms with van der Waals surface area (Å²) in [6.07, 6.45) is -0.114. The monoisotopic (exact) mass is 228 g/mol. The summed E-state index contributed by atoms with van der Waals surface area (Å²) in [5.41, 5.74) is -1.82. The Balaban J connectivity index is 4.89. The van der Waals surface area contributed by atoms with Crippen LogP contribution in [0.25, 0.3) is 0 Å². The van der Waals surface area contributed by atoms with E-state index in [-0.39, 0.29) is 24.5 Å². The van der Waals surface area contributed by atoms with Crippen molar-refractivity contribution in [2.75, 3.05) is 0 Å². The van der Waals surface area contributed by atoms with E-state index in [9.17, 15) is 19.5 Å². The molecule has 0 heterocycles. The molecule has 0 aromatic heterocycles. The molecular weight excluding hydrogens is 208 g/mol. The van der Waals surface area contributed by atoms with E-state index in [1.54, 1.807) is 27.7 Å². The fraction of sp³-hybridized carbons (Fsp3) is 0.750. The van der Waals surface area contributed by atoms with E-state index in [0.29, 0.717) is 6.29 Å². The topological polar surface area (TPSA) is 71.4 Å². The zero-order valence-electron chi connectivity index (χ0n) is 10.3. The molecule has 0 amide bonds. The molecule has 0 rings (SSSR count). The van der Waals surface area contributed by atoms with E-state index in [1.165, 1.54) is 0 Å². The standard InChI is InChI=1S/C12H20O4/c1-8(2)10(14)7-12(16,5-6-13)11(15)9(3)4/h6,8-9,16H,5,7H2,1-4H3/t12-/m0/s1. The van der Waals surface area contributed by atoms with Gasteiger partial charge < -0.3 is 9.90 Å². The minimum absolute atomic E-state index is 0.210. The fourth-order valence-corrected chi connectivity index (χ4v) is 1.43. The molecule has 0 aliphatic carbocycles. The second kappa shape index (κ2) is 5.89. The Hall–Kier alpha value is -1.03. The summed E-state index contributed by atoms with van der Waals surface area (Å²) < 4.78 is 0. The highest BCUT2D eigenvalue weighted by molar-refractivity contribution is 5.96. The van der Waals surface area contributed by atoms with Gasteiger partial charge in [-0.25, -0.2) is 0 Å². The maximum Gasteiger partial charge on any atom is 0.167 e. The highest BCUT2D eigenvalue weighted by atomic mass is 16.3. The third kappa shape index (κ3) is 3.85. The molecule has 0 unspecified atom stereocenters. The Morgan fingerprint density at radius 2 is 1.69 bits per heavy atom. The number of hydrogen-bond donors (Lipinski definition) is 1. The molecule has 16 heavy (non-hydrogen) atoms. The highest BCUT2D eigenvalue weighted by Gasteiger charge is 2.39. The van der Waals surface area contributed by atoms with Crippen LogP contribution in [0.2, 0.25) is 0 Å². The lowest BCUT2D eigenvalue weighted by Gasteiger charge is -2.26. The maximum absolute atomic E-state index is 11.8. The van der Waals surface area contributed by atoms with Crippen LogP contribution in [0.1, 0.15) is 40.5 Å². The van der Waals surface area contributed by atoms with Gasteiger partial charge in [0.15, 0.2) is 5.78 Å². The number of ketones is 2. The van der Waals surface area contributed by atoms with Gasteiger partial charge in [-0.3, -0.25) is 9.59 Å². The molecule has 0 aliphatic rings. The van der Waals surface area contributed by atoms with Crippen LogP contribution in [0.3, 0.4) is 0 Å². The summed E-state index contributed by atoms with van der Waals surface area (Å²) in [5.74, 6) is -1.31. The van der Waals surface area contributed by atoms with Crippen molar-refractivity contribution in [3.8, 4) is 0 Å². The molecule has 0 spiro atoms. The molecule has 0 radical (unpaired) electrons. The molecular formula is C12H20O4. The van der Waals surface area contributed by atoms with E-state index in [4.69, 9.17) is 0 Å². The second-order valence-electron chi connectivity index (χ2n) is 4.72. The van der Waals surface area contributed by atoms with Gasteiger partial charge in [0.2, 0.25) is 0 Å². The van der Waals surface area contributed by atoms with Crippen LogP contribution in [-0.2, 0) is 14.4 Å². The second-order valence-corrected chi connectivity index (χ2v) is 4.72. The molecule has 0 saturated carbocycles. The molecule has 0 fully saturated rings. The number of Topliss-reactive ketones (excluding diaryl/α,β-unsaturated/α-hetero) is 2. The van der Waals surface area contributed by atoms with E-state index in [2.05, 4.69) is 0 Å². The number of hydrogen-bond acceptors (Lipinski definition) is 4. The number of rotatable bonds is 7. The third-order valence-corrected chi connectivity index (χ3v) is 2.51. The van der Waals surface area contributed by atoms with Gasteiger partial charge >= 0.3 is 0 Å². The quantitative estimate of drug-likeness (QED) is 0.663. The van der Waals surface area contributed by atoms with Gasteiger partial charge in [0.25, 0.3) is 0 Å². The van der Waals surface area contributed by atoms with Crippen molar-refractivity contribution in [2.24, 2.45) is 11.8 Å². The number of carbonyl (C=O) groups is 3. The van der Waals surface area contributed by atoms with Crippen molar-refractivity contribution in [2.45, 2.75) is 46.1 Å². The molecule has 0 saturated heterocycles. The lowest BCUT2D eigenvalue weighted by atomic mass is 9.82. The molecule has 4 nitrogen and oxygen atoms in total. The Morgan fingerprint density at radius 3 is 2.00 bits per heavy atom. The minimum Gasteiger partial charge on any atom is -0.381 e. The largest absolute Gasteiger partial charge is 0.381 e. The van der Waals surface area contributed by atoms with Crippen LogP contribution in [-0.4, -0.2) is 28.6 Å². The van der Waals surface area contributed by atoms with Crippen LogP contribution in [0, 0.1) is 11.8 Å². The molecule has 92 valence electrons. The van der Waals surface area contributed by atoms with Gasteiger partial charge in [-0.1, -0.05) is 27.7 Å². The van der Waals surface area contributed by atoms with Crippen molar-refractivity contribution in [1.82, 2.24) is 0 Å². The van der Waals surface area contributed by atoms with Crippen molar-refractivity contribution in [3.05, 3.63) is 0 Å². The SMILES string of the molecule is CC(C)C(=O)C[C@@](O)(CC=O)C(=O)C(C)C. The van der Waals surface area contributed by atoms with E-state index in [0.717, 1.165) is 0 Å². The summed E-state index contributed by atoms with van der Waals surface area (Å²) in [6.45, 7) is 6.67. The average Bonchev–Trinajstić information content (AvgIpc) is 2.16. The molecule has 0 aromatic rings. The van der Waals surface area contributed by atoms with Crippen LogP contribution in [0.4, 0.5) is 0 Å². The third-order valence-electron chi connectivity index (χ3n) is 2.51. The smallest absolute Gasteiger partial charge is 0.167 e. The van der Waals surface area contributed by atoms with E-state index >= 15 is 0 Å². The summed E-state index contributed by atoms with van der Waals surface area (Å²) >= 11 is 0. The van der Waals surface area contributed by atoms with Crippen LogP contribution >= 0.6 is 0 Å². The van der Waals surface area contributed by atoms with Crippen LogP contribution in [0.15, 0.2) is 0 Å². The lowest BCUT2D eigenvalue weighted by Crippen LogP contribution is -2.44. The molecule has 1 atom stereocenters. The van der Waals surface area contributed by atoms with Crippen molar-refractivity contribution in [3.63, 3.8) is 0 Å². The Labute approximate surface area is 96.0 Å². The highest BCUT2D eigenvalue weighted by Crippen LogP contribution is 2.22. The molecule has 0 bridgehead atoms. The number of aliphatic hydroxyl groups is 1.